The van der Waals surface area contributed by atoms with Crippen molar-refractivity contribution in [3.8, 4) is 11.3 Å². The summed E-state index contributed by atoms with van der Waals surface area (Å²) >= 11 is 1.21. The van der Waals surface area contributed by atoms with E-state index in [1.54, 1.807) is 17.5 Å². The number of H-pyrrole nitrogens is 1. The molecule has 0 unspecified atom stereocenters. The van der Waals surface area contributed by atoms with Crippen molar-refractivity contribution < 1.29 is 8.42 Å². The third-order valence-electron chi connectivity index (χ3n) is 2.70. The van der Waals surface area contributed by atoms with Crippen molar-refractivity contribution in [3.63, 3.8) is 0 Å². The van der Waals surface area contributed by atoms with Gasteiger partial charge in [0.05, 0.1) is 11.9 Å². The number of anilines is 2. The van der Waals surface area contributed by atoms with Gasteiger partial charge in [-0.2, -0.15) is 13.5 Å². The van der Waals surface area contributed by atoms with Gasteiger partial charge in [-0.15, -0.1) is 11.3 Å². The second kappa shape index (κ2) is 5.19. The van der Waals surface area contributed by atoms with Gasteiger partial charge in [0.25, 0.3) is 10.0 Å². The molecule has 3 aromatic rings. The van der Waals surface area contributed by atoms with Crippen molar-refractivity contribution in [1.82, 2.24) is 15.2 Å². The molecular formula is C12H11N5O2S2. The molecule has 0 aliphatic rings. The van der Waals surface area contributed by atoms with Gasteiger partial charge in [0, 0.05) is 16.6 Å². The van der Waals surface area contributed by atoms with Crippen LogP contribution in [0.15, 0.2) is 46.9 Å². The minimum absolute atomic E-state index is 0.00765. The highest BCUT2D eigenvalue weighted by Crippen LogP contribution is 2.26. The highest BCUT2D eigenvalue weighted by molar-refractivity contribution is 7.92. The fourth-order valence-corrected chi connectivity index (χ4v) is 3.55. The minimum atomic E-state index is -3.69. The van der Waals surface area contributed by atoms with Gasteiger partial charge in [0.1, 0.15) is 0 Å². The molecule has 0 aliphatic heterocycles. The number of aromatic amines is 1. The Hall–Kier alpha value is -2.39. The first-order valence-corrected chi connectivity index (χ1v) is 8.24. The summed E-state index contributed by atoms with van der Waals surface area (Å²) in [5, 5.41) is 8.08. The number of nitrogens with one attached hydrogen (secondary N) is 2. The van der Waals surface area contributed by atoms with Crippen LogP contribution in [-0.2, 0) is 10.0 Å². The first-order valence-electron chi connectivity index (χ1n) is 5.88. The van der Waals surface area contributed by atoms with E-state index in [1.807, 2.05) is 12.1 Å². The predicted octanol–water partition coefficient (Wildman–Crippen LogP) is 1.92. The van der Waals surface area contributed by atoms with Crippen molar-refractivity contribution >= 4 is 32.2 Å². The third kappa shape index (κ3) is 2.88. The Morgan fingerprint density at radius 2 is 1.95 bits per heavy atom. The number of nitrogens with two attached hydrogens (primary N) is 1. The average molecular weight is 321 g/mol. The lowest BCUT2D eigenvalue weighted by atomic mass is 10.2. The molecular weight excluding hydrogens is 310 g/mol. The van der Waals surface area contributed by atoms with Gasteiger partial charge in [-0.25, -0.2) is 4.98 Å². The maximum atomic E-state index is 12.0. The Balaban J connectivity index is 1.84. The highest BCUT2D eigenvalue weighted by Gasteiger charge is 2.17. The van der Waals surface area contributed by atoms with Gasteiger partial charge in [-0.1, -0.05) is 12.1 Å². The number of sulfonamides is 1. The lowest BCUT2D eigenvalue weighted by Crippen LogP contribution is -2.13. The molecule has 0 radical (unpaired) electrons. The van der Waals surface area contributed by atoms with Crippen LogP contribution in [0.1, 0.15) is 0 Å². The molecule has 9 heteroatoms. The Bertz CT molecular complexity index is 838. The lowest BCUT2D eigenvalue weighted by Gasteiger charge is -2.01. The molecule has 0 saturated heterocycles. The number of benzene rings is 1. The molecule has 21 heavy (non-hydrogen) atoms. The number of rotatable bonds is 4. The van der Waals surface area contributed by atoms with Crippen LogP contribution in [0.4, 0.5) is 10.8 Å². The Labute approximate surface area is 124 Å². The van der Waals surface area contributed by atoms with Crippen LogP contribution in [0.3, 0.4) is 0 Å². The van der Waals surface area contributed by atoms with Gasteiger partial charge in [-0.05, 0) is 18.2 Å². The molecule has 4 N–H and O–H groups in total. The molecule has 7 nitrogen and oxygen atoms in total. The zero-order chi connectivity index (χ0) is 14.9. The maximum Gasteiger partial charge on any atom is 0.280 e. The van der Waals surface area contributed by atoms with E-state index in [1.165, 1.54) is 23.6 Å². The van der Waals surface area contributed by atoms with Gasteiger partial charge in [0.15, 0.2) is 10.2 Å². The second-order valence-electron chi connectivity index (χ2n) is 4.19. The van der Waals surface area contributed by atoms with Crippen LogP contribution in [0.5, 0.6) is 0 Å². The normalized spacial score (nSPS) is 11.4. The van der Waals surface area contributed by atoms with E-state index in [0.717, 1.165) is 5.56 Å². The summed E-state index contributed by atoms with van der Waals surface area (Å²) in [6, 6.07) is 8.57. The average Bonchev–Trinajstić information content (AvgIpc) is 3.10. The van der Waals surface area contributed by atoms with Crippen LogP contribution in [0.25, 0.3) is 11.3 Å². The van der Waals surface area contributed by atoms with E-state index in [-0.39, 0.29) is 10.2 Å². The molecule has 3 rings (SSSR count). The van der Waals surface area contributed by atoms with Crippen LogP contribution in [-0.4, -0.2) is 23.6 Å². The molecule has 0 saturated carbocycles. The van der Waals surface area contributed by atoms with Crippen molar-refractivity contribution in [3.05, 3.63) is 41.9 Å². The fourth-order valence-electron chi connectivity index (χ4n) is 1.67. The molecule has 108 valence electrons. The molecule has 2 heterocycles. The number of aromatic nitrogens is 3. The van der Waals surface area contributed by atoms with E-state index in [9.17, 15) is 8.42 Å². The van der Waals surface area contributed by atoms with Crippen LogP contribution >= 0.6 is 11.3 Å². The Morgan fingerprint density at radius 1 is 1.19 bits per heavy atom. The monoisotopic (exact) mass is 321 g/mol. The van der Waals surface area contributed by atoms with Gasteiger partial charge < -0.3 is 5.73 Å². The quantitative estimate of drug-likeness (QED) is 0.635. The van der Waals surface area contributed by atoms with Crippen molar-refractivity contribution in [2.24, 2.45) is 0 Å². The van der Waals surface area contributed by atoms with Crippen molar-refractivity contribution in [1.29, 1.82) is 0 Å². The topological polar surface area (TPSA) is 114 Å². The van der Waals surface area contributed by atoms with Gasteiger partial charge >= 0.3 is 0 Å². The molecule has 0 bridgehead atoms. The zero-order valence-electron chi connectivity index (χ0n) is 10.6. The number of hydrogen-bond acceptors (Lipinski definition) is 6. The summed E-state index contributed by atoms with van der Waals surface area (Å²) < 4.78 is 26.4. The Morgan fingerprint density at radius 3 is 2.62 bits per heavy atom. The van der Waals surface area contributed by atoms with Gasteiger partial charge in [0.2, 0.25) is 0 Å². The SMILES string of the molecule is Nc1ccc(-c2csc(NS(=O)(=O)c3ccn[nH]3)n2)cc1. The third-order valence-corrected chi connectivity index (χ3v) is 4.85. The summed E-state index contributed by atoms with van der Waals surface area (Å²) in [6.45, 7) is 0. The fraction of sp³-hybridized carbons (Fsp3) is 0. The molecule has 0 atom stereocenters. The van der Waals surface area contributed by atoms with Crippen molar-refractivity contribution in [2.45, 2.75) is 5.03 Å². The number of thiazole rings is 1. The summed E-state index contributed by atoms with van der Waals surface area (Å²) in [4.78, 5) is 4.26. The standard InChI is InChI=1S/C12H11N5O2S2/c13-9-3-1-8(2-4-9)10-7-20-12(15-10)17-21(18,19)11-5-6-14-16-11/h1-7H,13H2,(H,14,16)(H,15,17). The first kappa shape index (κ1) is 13.6. The molecule has 2 aromatic heterocycles. The van der Waals surface area contributed by atoms with E-state index in [4.69, 9.17) is 5.73 Å². The summed E-state index contributed by atoms with van der Waals surface area (Å²) in [5.74, 6) is 0. The van der Waals surface area contributed by atoms with Crippen molar-refractivity contribution in [2.75, 3.05) is 10.5 Å². The smallest absolute Gasteiger partial charge is 0.280 e. The lowest BCUT2D eigenvalue weighted by molar-refractivity contribution is 0.597. The van der Waals surface area contributed by atoms with Gasteiger partial charge in [-0.3, -0.25) is 9.82 Å². The molecule has 1 aromatic carbocycles. The predicted molar refractivity (Wildman–Crippen MR) is 81.4 cm³/mol. The van der Waals surface area contributed by atoms with E-state index in [0.29, 0.717) is 11.4 Å². The molecule has 0 spiro atoms. The van der Waals surface area contributed by atoms with E-state index in [2.05, 4.69) is 19.9 Å². The van der Waals surface area contributed by atoms with Crippen LogP contribution < -0.4 is 10.5 Å². The molecule has 0 aliphatic carbocycles. The Kier molecular flexibility index (Phi) is 3.35. The van der Waals surface area contributed by atoms with E-state index >= 15 is 0 Å². The first-order chi connectivity index (χ1) is 10.0. The molecule has 0 amide bonds. The van der Waals surface area contributed by atoms with Crippen LogP contribution in [0.2, 0.25) is 0 Å². The highest BCUT2D eigenvalue weighted by atomic mass is 32.2. The zero-order valence-corrected chi connectivity index (χ0v) is 12.3. The molecule has 0 fully saturated rings. The number of nitrogen functional groups attached to an aromatic ring is 1. The van der Waals surface area contributed by atoms with E-state index < -0.39 is 10.0 Å². The van der Waals surface area contributed by atoms with Crippen LogP contribution in [0, 0.1) is 0 Å². The summed E-state index contributed by atoms with van der Waals surface area (Å²) in [5.41, 5.74) is 7.84. The maximum absolute atomic E-state index is 12.0. The summed E-state index contributed by atoms with van der Waals surface area (Å²) in [6.07, 6.45) is 1.37. The minimum Gasteiger partial charge on any atom is -0.399 e. The second-order valence-corrected chi connectivity index (χ2v) is 6.70. The number of nitrogens with zero attached hydrogens (tertiary/aromatic N) is 2. The number of hydrogen-bond donors (Lipinski definition) is 3. The largest absolute Gasteiger partial charge is 0.399 e. The summed E-state index contributed by atoms with van der Waals surface area (Å²) in [7, 11) is -3.69.